The molecule has 0 saturated heterocycles. The summed E-state index contributed by atoms with van der Waals surface area (Å²) in [5.41, 5.74) is 8.63. The van der Waals surface area contributed by atoms with Gasteiger partial charge in [0.15, 0.2) is 0 Å². The SMILES string of the molecule is NC(=O)C(Cc1c[nH]c2ccccc12)NC(=O)CNC(=O)CCCCCc1ccccc1. The average molecular weight is 435 g/mol. The molecule has 0 radical (unpaired) electrons. The number of H-pyrrole nitrogens is 1. The van der Waals surface area contributed by atoms with Gasteiger partial charge in [0.1, 0.15) is 6.04 Å². The molecule has 2 aromatic carbocycles. The summed E-state index contributed by atoms with van der Waals surface area (Å²) in [5.74, 6) is -1.23. The summed E-state index contributed by atoms with van der Waals surface area (Å²) in [6.45, 7) is -0.180. The first kappa shape index (κ1) is 23.1. The Hall–Kier alpha value is -3.61. The van der Waals surface area contributed by atoms with Crippen LogP contribution in [0.15, 0.2) is 60.8 Å². The lowest BCUT2D eigenvalue weighted by atomic mass is 10.0. The maximum atomic E-state index is 12.2. The second-order valence-corrected chi connectivity index (χ2v) is 7.91. The number of carbonyl (C=O) groups excluding carboxylic acids is 3. The summed E-state index contributed by atoms with van der Waals surface area (Å²) in [6.07, 6.45) is 6.19. The highest BCUT2D eigenvalue weighted by molar-refractivity contribution is 5.90. The fourth-order valence-corrected chi connectivity index (χ4v) is 3.69. The highest BCUT2D eigenvalue weighted by Gasteiger charge is 2.20. The zero-order chi connectivity index (χ0) is 22.8. The van der Waals surface area contributed by atoms with Gasteiger partial charge in [-0.1, -0.05) is 55.0 Å². The van der Waals surface area contributed by atoms with E-state index in [1.165, 1.54) is 5.56 Å². The first-order chi connectivity index (χ1) is 15.5. The van der Waals surface area contributed by atoms with Gasteiger partial charge in [0, 0.05) is 29.9 Å². The van der Waals surface area contributed by atoms with E-state index in [0.717, 1.165) is 42.1 Å². The fourth-order valence-electron chi connectivity index (χ4n) is 3.69. The van der Waals surface area contributed by atoms with Gasteiger partial charge in [-0.05, 0) is 36.5 Å². The molecule has 1 heterocycles. The Labute approximate surface area is 187 Å². The maximum absolute atomic E-state index is 12.2. The van der Waals surface area contributed by atoms with E-state index in [2.05, 4.69) is 27.8 Å². The summed E-state index contributed by atoms with van der Waals surface area (Å²) in [6, 6.07) is 17.1. The van der Waals surface area contributed by atoms with E-state index < -0.39 is 17.9 Å². The lowest BCUT2D eigenvalue weighted by molar-refractivity contribution is -0.128. The molecule has 0 aliphatic heterocycles. The molecule has 168 valence electrons. The number of primary amides is 1. The summed E-state index contributed by atoms with van der Waals surface area (Å²) < 4.78 is 0. The Kier molecular flexibility index (Phi) is 8.43. The first-order valence-corrected chi connectivity index (χ1v) is 11.0. The van der Waals surface area contributed by atoms with E-state index in [1.54, 1.807) is 0 Å². The minimum atomic E-state index is -0.850. The molecule has 3 rings (SSSR count). The van der Waals surface area contributed by atoms with Crippen molar-refractivity contribution in [3.63, 3.8) is 0 Å². The van der Waals surface area contributed by atoms with Crippen LogP contribution in [0.5, 0.6) is 0 Å². The molecule has 5 N–H and O–H groups in total. The number of aryl methyl sites for hydroxylation is 1. The number of para-hydroxylation sites is 1. The van der Waals surface area contributed by atoms with Gasteiger partial charge in [0.05, 0.1) is 6.54 Å². The summed E-state index contributed by atoms with van der Waals surface area (Å²) in [7, 11) is 0. The van der Waals surface area contributed by atoms with Crippen LogP contribution in [-0.4, -0.2) is 35.3 Å². The largest absolute Gasteiger partial charge is 0.368 e. The number of rotatable bonds is 12. The summed E-state index contributed by atoms with van der Waals surface area (Å²) >= 11 is 0. The topological polar surface area (TPSA) is 117 Å². The van der Waals surface area contributed by atoms with Gasteiger partial charge >= 0.3 is 0 Å². The Morgan fingerprint density at radius 3 is 2.44 bits per heavy atom. The molecule has 7 nitrogen and oxygen atoms in total. The molecule has 1 aromatic heterocycles. The van der Waals surface area contributed by atoms with Gasteiger partial charge in [-0.3, -0.25) is 14.4 Å². The van der Waals surface area contributed by atoms with Crippen LogP contribution < -0.4 is 16.4 Å². The quantitative estimate of drug-likeness (QED) is 0.328. The number of nitrogens with two attached hydrogens (primary N) is 1. The van der Waals surface area contributed by atoms with Crippen molar-refractivity contribution in [1.29, 1.82) is 0 Å². The number of nitrogens with one attached hydrogen (secondary N) is 3. The Morgan fingerprint density at radius 2 is 1.66 bits per heavy atom. The molecular weight excluding hydrogens is 404 g/mol. The predicted molar refractivity (Wildman–Crippen MR) is 125 cm³/mol. The molecule has 0 bridgehead atoms. The highest BCUT2D eigenvalue weighted by atomic mass is 16.2. The average Bonchev–Trinajstić information content (AvgIpc) is 3.20. The smallest absolute Gasteiger partial charge is 0.240 e. The van der Waals surface area contributed by atoms with Crippen LogP contribution in [0.1, 0.15) is 36.8 Å². The van der Waals surface area contributed by atoms with Gasteiger partial charge in [0.25, 0.3) is 0 Å². The van der Waals surface area contributed by atoms with Crippen molar-refractivity contribution in [3.05, 3.63) is 71.9 Å². The van der Waals surface area contributed by atoms with Crippen molar-refractivity contribution < 1.29 is 14.4 Å². The number of unbranched alkanes of at least 4 members (excludes halogenated alkanes) is 2. The zero-order valence-corrected chi connectivity index (χ0v) is 18.1. The third kappa shape index (κ3) is 6.97. The molecule has 0 aliphatic rings. The summed E-state index contributed by atoms with van der Waals surface area (Å²) in [4.78, 5) is 39.3. The monoisotopic (exact) mass is 434 g/mol. The third-order valence-corrected chi connectivity index (χ3v) is 5.44. The van der Waals surface area contributed by atoms with E-state index in [4.69, 9.17) is 5.73 Å². The van der Waals surface area contributed by atoms with Crippen molar-refractivity contribution in [2.45, 2.75) is 44.6 Å². The number of hydrogen-bond donors (Lipinski definition) is 4. The fraction of sp³-hybridized carbons (Fsp3) is 0.320. The maximum Gasteiger partial charge on any atom is 0.240 e. The molecule has 32 heavy (non-hydrogen) atoms. The van der Waals surface area contributed by atoms with Gasteiger partial charge in [0.2, 0.25) is 17.7 Å². The second-order valence-electron chi connectivity index (χ2n) is 7.91. The molecule has 0 fully saturated rings. The molecule has 7 heteroatoms. The van der Waals surface area contributed by atoms with Crippen molar-refractivity contribution in [1.82, 2.24) is 15.6 Å². The van der Waals surface area contributed by atoms with Crippen LogP contribution in [0, 0.1) is 0 Å². The van der Waals surface area contributed by atoms with E-state index >= 15 is 0 Å². The van der Waals surface area contributed by atoms with Gasteiger partial charge in [-0.25, -0.2) is 0 Å². The number of hydrogen-bond acceptors (Lipinski definition) is 3. The van der Waals surface area contributed by atoms with Crippen molar-refractivity contribution in [2.24, 2.45) is 5.73 Å². The van der Waals surface area contributed by atoms with Crippen LogP contribution in [0.25, 0.3) is 10.9 Å². The van der Waals surface area contributed by atoms with Crippen LogP contribution in [0.2, 0.25) is 0 Å². The number of benzene rings is 2. The standard InChI is InChI=1S/C25H30N4O3/c26-25(32)22(15-19-16-27-21-13-8-7-12-20(19)21)29-24(31)17-28-23(30)14-6-2-5-11-18-9-3-1-4-10-18/h1,3-4,7-10,12-13,16,22,27H,2,5-6,11,14-15,17H2,(H2,26,32)(H,28,30)(H,29,31). The van der Waals surface area contributed by atoms with Crippen LogP contribution >= 0.6 is 0 Å². The highest BCUT2D eigenvalue weighted by Crippen LogP contribution is 2.19. The molecule has 3 aromatic rings. The number of carbonyl (C=O) groups is 3. The number of fused-ring (bicyclic) bond motifs is 1. The van der Waals surface area contributed by atoms with E-state index in [9.17, 15) is 14.4 Å². The van der Waals surface area contributed by atoms with E-state index in [0.29, 0.717) is 6.42 Å². The van der Waals surface area contributed by atoms with Crippen LogP contribution in [-0.2, 0) is 27.2 Å². The lowest BCUT2D eigenvalue weighted by Crippen LogP contribution is -2.49. The Balaban J connectivity index is 1.36. The van der Waals surface area contributed by atoms with Crippen molar-refractivity contribution in [2.75, 3.05) is 6.54 Å². The van der Waals surface area contributed by atoms with Crippen molar-refractivity contribution in [3.8, 4) is 0 Å². The molecule has 0 saturated carbocycles. The Morgan fingerprint density at radius 1 is 0.906 bits per heavy atom. The Bertz CT molecular complexity index is 1050. The van der Waals surface area contributed by atoms with Crippen LogP contribution in [0.4, 0.5) is 0 Å². The van der Waals surface area contributed by atoms with E-state index in [1.807, 2.05) is 48.7 Å². The lowest BCUT2D eigenvalue weighted by Gasteiger charge is -2.15. The molecular formula is C25H30N4O3. The normalized spacial score (nSPS) is 11.8. The molecule has 1 atom stereocenters. The molecule has 0 aliphatic carbocycles. The van der Waals surface area contributed by atoms with E-state index in [-0.39, 0.29) is 18.9 Å². The van der Waals surface area contributed by atoms with Crippen LogP contribution in [0.3, 0.4) is 0 Å². The first-order valence-electron chi connectivity index (χ1n) is 11.0. The molecule has 3 amide bonds. The third-order valence-electron chi connectivity index (χ3n) is 5.44. The number of amides is 3. The van der Waals surface area contributed by atoms with Crippen molar-refractivity contribution >= 4 is 28.6 Å². The van der Waals surface area contributed by atoms with Gasteiger partial charge in [-0.15, -0.1) is 0 Å². The second kappa shape index (κ2) is 11.7. The minimum absolute atomic E-state index is 0.174. The molecule has 0 spiro atoms. The van der Waals surface area contributed by atoms with Gasteiger partial charge < -0.3 is 21.4 Å². The molecule has 1 unspecified atom stereocenters. The minimum Gasteiger partial charge on any atom is -0.368 e. The number of aromatic nitrogens is 1. The number of aromatic amines is 1. The summed E-state index contributed by atoms with van der Waals surface area (Å²) in [5, 5.41) is 6.22. The predicted octanol–water partition coefficient (Wildman–Crippen LogP) is 2.60. The zero-order valence-electron chi connectivity index (χ0n) is 18.1. The van der Waals surface area contributed by atoms with Gasteiger partial charge in [-0.2, -0.15) is 0 Å².